The molecule has 1 aromatic carbocycles. The molecule has 8 heteroatoms. The molecule has 24 heavy (non-hydrogen) atoms. The first kappa shape index (κ1) is 17.5. The van der Waals surface area contributed by atoms with E-state index in [-0.39, 0.29) is 37.7 Å². The fourth-order valence-corrected chi connectivity index (χ4v) is 2.50. The maximum absolute atomic E-state index is 12.4. The van der Waals surface area contributed by atoms with Gasteiger partial charge in [-0.05, 0) is 19.1 Å². The molecule has 8 nitrogen and oxygen atoms in total. The van der Waals surface area contributed by atoms with Crippen LogP contribution in [0.4, 0.5) is 11.4 Å². The van der Waals surface area contributed by atoms with Gasteiger partial charge in [-0.25, -0.2) is 0 Å². The van der Waals surface area contributed by atoms with Crippen LogP contribution >= 0.6 is 0 Å². The van der Waals surface area contributed by atoms with Gasteiger partial charge < -0.3 is 20.2 Å². The van der Waals surface area contributed by atoms with Crippen LogP contribution in [0.25, 0.3) is 0 Å². The zero-order valence-electron chi connectivity index (χ0n) is 13.3. The van der Waals surface area contributed by atoms with Gasteiger partial charge in [0.2, 0.25) is 17.7 Å². The molecule has 0 atom stereocenters. The molecule has 3 amide bonds. The minimum absolute atomic E-state index is 0.0867. The van der Waals surface area contributed by atoms with Crippen molar-refractivity contribution < 1.29 is 24.3 Å². The summed E-state index contributed by atoms with van der Waals surface area (Å²) in [5, 5.41) is 11.5. The minimum atomic E-state index is -1.10. The molecule has 0 saturated carbocycles. The number of hydrogen-bond acceptors (Lipinski definition) is 4. The number of anilines is 2. The number of fused-ring (bicyclic) bond motifs is 1. The number of carboxylic acid groups (broad SMARTS) is 1. The van der Waals surface area contributed by atoms with Gasteiger partial charge in [-0.2, -0.15) is 0 Å². The number of nitrogens with one attached hydrogen (secondary N) is 1. The lowest BCUT2D eigenvalue weighted by Gasteiger charge is -2.29. The number of carboxylic acids is 1. The van der Waals surface area contributed by atoms with E-state index in [4.69, 9.17) is 5.11 Å². The molecule has 0 unspecified atom stereocenters. The highest BCUT2D eigenvalue weighted by molar-refractivity contribution is 6.10. The zero-order chi connectivity index (χ0) is 17.7. The average Bonchev–Trinajstić information content (AvgIpc) is 2.56. The maximum Gasteiger partial charge on any atom is 0.323 e. The molecule has 128 valence electrons. The summed E-state index contributed by atoms with van der Waals surface area (Å²) in [5.74, 6) is -2.15. The molecule has 2 N–H and O–H groups in total. The highest BCUT2D eigenvalue weighted by atomic mass is 16.4. The van der Waals surface area contributed by atoms with Gasteiger partial charge in [0.05, 0.1) is 11.4 Å². The van der Waals surface area contributed by atoms with Crippen LogP contribution < -0.4 is 10.2 Å². The summed E-state index contributed by atoms with van der Waals surface area (Å²) >= 11 is 0. The van der Waals surface area contributed by atoms with Crippen molar-refractivity contribution in [2.24, 2.45) is 0 Å². The van der Waals surface area contributed by atoms with E-state index in [9.17, 15) is 19.2 Å². The largest absolute Gasteiger partial charge is 0.480 e. The third-order valence-electron chi connectivity index (χ3n) is 3.68. The lowest BCUT2D eigenvalue weighted by atomic mass is 10.1. The van der Waals surface area contributed by atoms with E-state index in [0.29, 0.717) is 11.4 Å². The van der Waals surface area contributed by atoms with Crippen LogP contribution in [0.3, 0.4) is 0 Å². The van der Waals surface area contributed by atoms with Gasteiger partial charge in [-0.15, -0.1) is 0 Å². The molecule has 0 radical (unpaired) electrons. The number of likely N-dealkylation sites (N-methyl/N-ethyl adjacent to an activating group) is 1. The lowest BCUT2D eigenvalue weighted by Crippen LogP contribution is -2.42. The molecule has 0 bridgehead atoms. The summed E-state index contributed by atoms with van der Waals surface area (Å²) < 4.78 is 0. The van der Waals surface area contributed by atoms with Crippen molar-refractivity contribution in [3.8, 4) is 0 Å². The van der Waals surface area contributed by atoms with Gasteiger partial charge in [0.1, 0.15) is 13.1 Å². The Morgan fingerprint density at radius 1 is 1.25 bits per heavy atom. The van der Waals surface area contributed by atoms with Crippen LogP contribution in [-0.2, 0) is 19.2 Å². The molecule has 0 saturated heterocycles. The molecule has 1 heterocycles. The number of amides is 3. The quantitative estimate of drug-likeness (QED) is 0.796. The zero-order valence-corrected chi connectivity index (χ0v) is 13.3. The van der Waals surface area contributed by atoms with E-state index in [2.05, 4.69) is 5.32 Å². The van der Waals surface area contributed by atoms with Crippen LogP contribution in [0.2, 0.25) is 0 Å². The molecule has 1 aliphatic rings. The summed E-state index contributed by atoms with van der Waals surface area (Å²) in [7, 11) is 0. The van der Waals surface area contributed by atoms with Crippen LogP contribution in [-0.4, -0.2) is 53.3 Å². The van der Waals surface area contributed by atoms with Gasteiger partial charge in [0.25, 0.3) is 0 Å². The van der Waals surface area contributed by atoms with E-state index in [1.807, 2.05) is 0 Å². The Kier molecular flexibility index (Phi) is 5.51. The monoisotopic (exact) mass is 333 g/mol. The van der Waals surface area contributed by atoms with Crippen molar-refractivity contribution in [1.82, 2.24) is 4.90 Å². The number of nitrogens with zero attached hydrogens (tertiary/aromatic N) is 2. The Morgan fingerprint density at radius 2 is 1.96 bits per heavy atom. The second-order valence-corrected chi connectivity index (χ2v) is 5.35. The van der Waals surface area contributed by atoms with E-state index in [1.165, 1.54) is 9.80 Å². The minimum Gasteiger partial charge on any atom is -0.480 e. The van der Waals surface area contributed by atoms with Crippen molar-refractivity contribution in [3.63, 3.8) is 0 Å². The Hall–Kier alpha value is -2.90. The third kappa shape index (κ3) is 4.09. The predicted molar refractivity (Wildman–Crippen MR) is 86.5 cm³/mol. The van der Waals surface area contributed by atoms with Crippen LogP contribution in [0, 0.1) is 0 Å². The molecule has 0 spiro atoms. The number of carbonyl (C=O) groups excluding carboxylic acids is 3. The molecule has 0 aromatic heterocycles. The molecule has 2 rings (SSSR count). The highest BCUT2D eigenvalue weighted by Crippen LogP contribution is 2.29. The number of hydrogen-bond donors (Lipinski definition) is 2. The summed E-state index contributed by atoms with van der Waals surface area (Å²) in [6.07, 6.45) is -0.184. The highest BCUT2D eigenvalue weighted by Gasteiger charge is 2.27. The van der Waals surface area contributed by atoms with Gasteiger partial charge in [0, 0.05) is 19.4 Å². The number of rotatable bonds is 6. The number of para-hydroxylation sites is 2. The molecule has 1 aromatic rings. The van der Waals surface area contributed by atoms with E-state index in [1.54, 1.807) is 31.2 Å². The molecular formula is C16H19N3O5. The number of carbonyl (C=O) groups is 4. The van der Waals surface area contributed by atoms with Gasteiger partial charge in [0.15, 0.2) is 0 Å². The van der Waals surface area contributed by atoms with Crippen LogP contribution in [0.15, 0.2) is 24.3 Å². The normalized spacial score (nSPS) is 13.0. The fourth-order valence-electron chi connectivity index (χ4n) is 2.50. The smallest absolute Gasteiger partial charge is 0.323 e. The number of aliphatic carboxylic acids is 1. The Balaban J connectivity index is 2.01. The van der Waals surface area contributed by atoms with Crippen molar-refractivity contribution in [3.05, 3.63) is 24.3 Å². The van der Waals surface area contributed by atoms with Gasteiger partial charge >= 0.3 is 5.97 Å². The van der Waals surface area contributed by atoms with Crippen molar-refractivity contribution in [1.29, 1.82) is 0 Å². The second kappa shape index (κ2) is 7.58. The summed E-state index contributed by atoms with van der Waals surface area (Å²) in [4.78, 5) is 49.4. The van der Waals surface area contributed by atoms with Crippen molar-refractivity contribution >= 4 is 35.1 Å². The van der Waals surface area contributed by atoms with Gasteiger partial charge in [-0.1, -0.05) is 12.1 Å². The van der Waals surface area contributed by atoms with Crippen molar-refractivity contribution in [2.75, 3.05) is 29.9 Å². The van der Waals surface area contributed by atoms with E-state index >= 15 is 0 Å². The molecule has 0 aliphatic carbocycles. The maximum atomic E-state index is 12.4. The lowest BCUT2D eigenvalue weighted by molar-refractivity contribution is -0.144. The fraction of sp³-hybridized carbons (Fsp3) is 0.375. The van der Waals surface area contributed by atoms with E-state index in [0.717, 1.165) is 0 Å². The molecular weight excluding hydrogens is 314 g/mol. The SMILES string of the molecule is CCN(CC(=O)O)C(=O)CCC(=O)N1CC(=O)Nc2ccccc21. The summed E-state index contributed by atoms with van der Waals surface area (Å²) in [6.45, 7) is 1.44. The standard InChI is InChI=1S/C16H19N3O5/c1-2-18(10-16(23)24)14(21)7-8-15(22)19-9-13(20)17-11-5-3-4-6-12(11)19/h3-6H,2,7-10H2,1H3,(H,17,20)(H,23,24). The molecule has 0 fully saturated rings. The Morgan fingerprint density at radius 3 is 2.62 bits per heavy atom. The predicted octanol–water partition coefficient (Wildman–Crippen LogP) is 0.685. The Bertz CT molecular complexity index is 673. The first-order chi connectivity index (χ1) is 11.4. The van der Waals surface area contributed by atoms with Crippen LogP contribution in [0.5, 0.6) is 0 Å². The number of benzene rings is 1. The summed E-state index contributed by atoms with van der Waals surface area (Å²) in [5.41, 5.74) is 1.14. The first-order valence-corrected chi connectivity index (χ1v) is 7.61. The first-order valence-electron chi connectivity index (χ1n) is 7.61. The second-order valence-electron chi connectivity index (χ2n) is 5.35. The summed E-state index contributed by atoms with van der Waals surface area (Å²) in [6, 6.07) is 6.93. The van der Waals surface area contributed by atoms with Gasteiger partial charge in [-0.3, -0.25) is 19.2 Å². The topological polar surface area (TPSA) is 107 Å². The van der Waals surface area contributed by atoms with Crippen molar-refractivity contribution in [2.45, 2.75) is 19.8 Å². The Labute approximate surface area is 139 Å². The van der Waals surface area contributed by atoms with E-state index < -0.39 is 18.4 Å². The average molecular weight is 333 g/mol. The molecule has 1 aliphatic heterocycles. The third-order valence-corrected chi connectivity index (χ3v) is 3.68. The van der Waals surface area contributed by atoms with Crippen LogP contribution in [0.1, 0.15) is 19.8 Å².